The zero-order chi connectivity index (χ0) is 52.3. The Labute approximate surface area is 448 Å². The first-order valence-electron chi connectivity index (χ1n) is 23.2. The van der Waals surface area contributed by atoms with Crippen molar-refractivity contribution in [1.29, 1.82) is 0 Å². The van der Waals surface area contributed by atoms with Gasteiger partial charge in [-0.05, 0) is 28.3 Å². The van der Waals surface area contributed by atoms with E-state index in [0.717, 1.165) is 27.6 Å². The number of furan rings is 2. The van der Waals surface area contributed by atoms with Crippen molar-refractivity contribution >= 4 is 217 Å². The van der Waals surface area contributed by atoms with Crippen LogP contribution in [0.15, 0.2) is 130 Å². The van der Waals surface area contributed by atoms with Crippen molar-refractivity contribution in [1.82, 2.24) is 24.9 Å². The molecule has 75 heavy (non-hydrogen) atoms. The summed E-state index contributed by atoms with van der Waals surface area (Å²) >= 11 is 0. The summed E-state index contributed by atoms with van der Waals surface area (Å²) in [5, 5.41) is 1.74. The minimum atomic E-state index is -0.105. The van der Waals surface area contributed by atoms with Gasteiger partial charge < -0.3 is 8.83 Å². The van der Waals surface area contributed by atoms with E-state index in [2.05, 4.69) is 12.1 Å². The summed E-state index contributed by atoms with van der Waals surface area (Å²) in [7, 11) is 85.5. The maximum absolute atomic E-state index is 7.10. The Hall–Kier alpha value is -7.71. The molecule has 0 bridgehead atoms. The van der Waals surface area contributed by atoms with Gasteiger partial charge in [-0.25, -0.2) is 24.9 Å². The third-order valence-electron chi connectivity index (χ3n) is 13.7. The van der Waals surface area contributed by atoms with E-state index in [1.807, 2.05) is 109 Å². The van der Waals surface area contributed by atoms with E-state index < -0.39 is 0 Å². The molecule has 7 nitrogen and oxygen atoms in total. The Morgan fingerprint density at radius 3 is 1.25 bits per heavy atom. The highest BCUT2D eigenvalue weighted by Gasteiger charge is 2.29. The van der Waals surface area contributed by atoms with Crippen LogP contribution >= 0.6 is 0 Å². The van der Waals surface area contributed by atoms with Crippen LogP contribution in [-0.2, 0) is 0 Å². The van der Waals surface area contributed by atoms with E-state index >= 15 is 0 Å². The van der Waals surface area contributed by atoms with Crippen molar-refractivity contribution in [2.75, 3.05) is 0 Å². The molecule has 0 aliphatic rings. The highest BCUT2D eigenvalue weighted by molar-refractivity contribution is 6.70. The third kappa shape index (κ3) is 7.57. The topological polar surface area (TPSA) is 90.7 Å². The van der Waals surface area contributed by atoms with Gasteiger partial charge in [0.2, 0.25) is 0 Å². The van der Waals surface area contributed by atoms with E-state index in [9.17, 15) is 0 Å². The van der Waals surface area contributed by atoms with Crippen molar-refractivity contribution in [3.8, 4) is 79.1 Å². The first kappa shape index (κ1) is 48.2. The molecule has 0 unspecified atom stereocenters. The molecule has 12 rings (SSSR count). The molecule has 0 saturated heterocycles. The molecule has 20 heteroatoms. The average molecular weight is 923 g/mol. The quantitative estimate of drug-likeness (QED) is 0.179. The van der Waals surface area contributed by atoms with E-state index in [0.29, 0.717) is 50.7 Å². The molecule has 4 aromatic heterocycles. The Morgan fingerprint density at radius 1 is 0.267 bits per heavy atom. The van der Waals surface area contributed by atoms with Crippen molar-refractivity contribution in [2.45, 2.75) is 0 Å². The van der Waals surface area contributed by atoms with E-state index in [-0.39, 0.29) is 116 Å². The molecule has 0 aliphatic heterocycles. The van der Waals surface area contributed by atoms with Crippen LogP contribution in [0.3, 0.4) is 0 Å². The SMILES string of the molecule is [B]c1c([B])c([B])c(-c2nc(-c3c([B])c([B])c([B])c([B])c3[B])c3oc4c([B])c([B])c([B])c(-c5cccc6c5oc5c(-c7nc(-c8ccccc8)nc(-c8ccc(-c9ccccc9)cc8)n7)cccc56)c4c3n2)c([B])c1[B]. The van der Waals surface area contributed by atoms with Crippen LogP contribution in [0.2, 0.25) is 0 Å². The van der Waals surface area contributed by atoms with Gasteiger partial charge >= 0.3 is 0 Å². The molecule has 12 aromatic rings. The number of benzene rings is 8. The maximum atomic E-state index is 7.10. The fourth-order valence-electron chi connectivity index (χ4n) is 9.67. The van der Waals surface area contributed by atoms with Crippen LogP contribution in [0.4, 0.5) is 0 Å². The van der Waals surface area contributed by atoms with Gasteiger partial charge in [-0.1, -0.05) is 148 Å². The normalized spacial score (nSPS) is 11.6. The molecule has 8 aromatic carbocycles. The molecular weight excluding hydrogens is 903 g/mol. The Balaban J connectivity index is 1.13. The summed E-state index contributed by atoms with van der Waals surface area (Å²) in [6.45, 7) is 0. The minimum Gasteiger partial charge on any atom is -0.455 e. The average Bonchev–Trinajstić information content (AvgIpc) is 4.05. The van der Waals surface area contributed by atoms with Gasteiger partial charge in [0.25, 0.3) is 0 Å². The van der Waals surface area contributed by atoms with Crippen molar-refractivity contribution in [3.63, 3.8) is 0 Å². The predicted octanol–water partition coefficient (Wildman–Crippen LogP) is -1.55. The molecule has 0 N–H and O–H groups in total. The summed E-state index contributed by atoms with van der Waals surface area (Å²) in [5.41, 5.74) is 5.80. The lowest BCUT2D eigenvalue weighted by Crippen LogP contribution is -2.55. The zero-order valence-corrected chi connectivity index (χ0v) is 39.6. The maximum Gasteiger partial charge on any atom is 0.180 e. The summed E-state index contributed by atoms with van der Waals surface area (Å²) in [5.74, 6) is 1.20. The van der Waals surface area contributed by atoms with Crippen LogP contribution in [0, 0.1) is 0 Å². The molecule has 316 valence electrons. The first-order chi connectivity index (χ1) is 36.1. The third-order valence-corrected chi connectivity index (χ3v) is 13.7. The van der Waals surface area contributed by atoms with Crippen LogP contribution < -0.4 is 71.0 Å². The first-order valence-corrected chi connectivity index (χ1v) is 23.2. The molecule has 0 saturated carbocycles. The summed E-state index contributed by atoms with van der Waals surface area (Å²) < 4.78 is 13.7. The summed E-state index contributed by atoms with van der Waals surface area (Å²) in [4.78, 5) is 25.1. The molecular formula is C55H20B13N5O2. The van der Waals surface area contributed by atoms with E-state index in [1.165, 1.54) is 0 Å². The second-order valence-electron chi connectivity index (χ2n) is 18.0. The van der Waals surface area contributed by atoms with Crippen LogP contribution in [0.5, 0.6) is 0 Å². The molecule has 0 fully saturated rings. The van der Waals surface area contributed by atoms with Gasteiger partial charge in [-0.2, -0.15) is 0 Å². The summed E-state index contributed by atoms with van der Waals surface area (Å²) in [6, 6.07) is 39.3. The second-order valence-corrected chi connectivity index (χ2v) is 18.0. The number of hydrogen-bond acceptors (Lipinski definition) is 7. The number of rotatable bonds is 7. The fraction of sp³-hybridized carbons (Fsp3) is 0. The highest BCUT2D eigenvalue weighted by atomic mass is 16.3. The standard InChI is InChI=1S/C55H20B13N5O2/c56-33-29(30-46-51(75-50(30)45(68)42(33)65)47(31-34(57)38(61)43(66)39(62)35(31)58)70-55(69-46)32-36(59)40(63)44(67)41(64)37(32)60)27-15-7-13-25-26-14-8-16-28(49(26)74-48(25)27)54-72-52(23-11-5-2-6-12-23)71-53(73-54)24-19-17-22(18-20-24)21-9-3-1-4-10-21/h1-20H. The van der Waals surface area contributed by atoms with E-state index in [1.54, 1.807) is 0 Å². The minimum absolute atomic E-state index is 0.00983. The predicted molar refractivity (Wildman–Crippen MR) is 318 cm³/mol. The Bertz CT molecular complexity index is 4340. The lowest BCUT2D eigenvalue weighted by atomic mass is 9.60. The monoisotopic (exact) mass is 925 g/mol. The van der Waals surface area contributed by atoms with Gasteiger partial charge in [0.15, 0.2) is 28.9 Å². The molecule has 0 amide bonds. The lowest BCUT2D eigenvalue weighted by molar-refractivity contribution is 0.670. The molecule has 0 atom stereocenters. The van der Waals surface area contributed by atoms with Crippen molar-refractivity contribution in [2.24, 2.45) is 0 Å². The number of nitrogens with zero attached hydrogens (tertiary/aromatic N) is 5. The fourth-order valence-corrected chi connectivity index (χ4v) is 9.67. The highest BCUT2D eigenvalue weighted by Crippen LogP contribution is 2.43. The second kappa shape index (κ2) is 18.3. The van der Waals surface area contributed by atoms with Gasteiger partial charge in [-0.15, -0.1) is 38.2 Å². The van der Waals surface area contributed by atoms with Crippen LogP contribution in [0.1, 0.15) is 0 Å². The Morgan fingerprint density at radius 2 is 0.680 bits per heavy atom. The van der Waals surface area contributed by atoms with Gasteiger partial charge in [0.1, 0.15) is 130 Å². The number of para-hydroxylation sites is 2. The Kier molecular flexibility index (Phi) is 11.8. The van der Waals surface area contributed by atoms with Crippen molar-refractivity contribution in [3.05, 3.63) is 121 Å². The van der Waals surface area contributed by atoms with Crippen LogP contribution in [-0.4, -0.2) is 127 Å². The molecule has 0 aliphatic carbocycles. The van der Waals surface area contributed by atoms with Gasteiger partial charge in [0, 0.05) is 33.0 Å². The molecule has 4 heterocycles. The molecule has 0 spiro atoms. The summed E-state index contributed by atoms with van der Waals surface area (Å²) in [6.07, 6.45) is 0. The smallest absolute Gasteiger partial charge is 0.180 e. The molecule has 26 radical (unpaired) electrons. The zero-order valence-electron chi connectivity index (χ0n) is 39.6. The largest absolute Gasteiger partial charge is 0.455 e. The van der Waals surface area contributed by atoms with Crippen LogP contribution in [0.25, 0.3) is 123 Å². The van der Waals surface area contributed by atoms with Gasteiger partial charge in [0.05, 0.1) is 10.9 Å². The van der Waals surface area contributed by atoms with Crippen molar-refractivity contribution < 1.29 is 8.83 Å². The lowest BCUT2D eigenvalue weighted by Gasteiger charge is -2.23. The van der Waals surface area contributed by atoms with Gasteiger partial charge in [-0.3, -0.25) is 0 Å². The number of fused-ring (bicyclic) bond motifs is 6. The number of aromatic nitrogens is 5. The van der Waals surface area contributed by atoms with E-state index in [4.69, 9.17) is 136 Å². The number of hydrogen-bond donors (Lipinski definition) is 0.